The number of hydrogen-bond acceptors (Lipinski definition) is 5. The molecule has 0 saturated carbocycles. The third-order valence-electron chi connectivity index (χ3n) is 8.08. The van der Waals surface area contributed by atoms with E-state index in [2.05, 4.69) is 24.5 Å². The predicted octanol–water partition coefficient (Wildman–Crippen LogP) is 2.80. The van der Waals surface area contributed by atoms with Gasteiger partial charge in [-0.25, -0.2) is 0 Å². The molecule has 2 aromatic carbocycles. The van der Waals surface area contributed by atoms with Crippen LogP contribution in [0.2, 0.25) is 0 Å². The van der Waals surface area contributed by atoms with Gasteiger partial charge in [0.05, 0.1) is 6.04 Å². The lowest BCUT2D eigenvalue weighted by molar-refractivity contribution is -0.145. The number of carbonyl (C=O) groups is 3. The van der Waals surface area contributed by atoms with Crippen LogP contribution in [-0.4, -0.2) is 78.9 Å². The zero-order valence-electron chi connectivity index (χ0n) is 23.4. The normalized spacial score (nSPS) is 24.3. The van der Waals surface area contributed by atoms with Crippen molar-refractivity contribution < 1.29 is 19.1 Å². The zero-order valence-corrected chi connectivity index (χ0v) is 23.4. The van der Waals surface area contributed by atoms with Crippen LogP contribution < -0.4 is 15.4 Å². The quantitative estimate of drug-likeness (QED) is 0.630. The van der Waals surface area contributed by atoms with Gasteiger partial charge in [0, 0.05) is 33.1 Å². The van der Waals surface area contributed by atoms with E-state index in [4.69, 9.17) is 4.74 Å². The molecular weight excluding hydrogens is 492 g/mol. The Kier molecular flexibility index (Phi) is 9.98. The molecule has 4 rings (SSSR count). The van der Waals surface area contributed by atoms with Crippen molar-refractivity contribution in [2.24, 2.45) is 5.92 Å². The molecule has 8 nitrogen and oxygen atoms in total. The SMILES string of the molecule is CCC(C)C1NCCOc2ccccc2CCCNC(=O)C(Cc2ccccc2)N2CCC(C2=O)N(C)C1=O. The van der Waals surface area contributed by atoms with Gasteiger partial charge in [0.25, 0.3) is 0 Å². The van der Waals surface area contributed by atoms with Crippen LogP contribution in [0.5, 0.6) is 5.75 Å². The van der Waals surface area contributed by atoms with Gasteiger partial charge in [-0.1, -0.05) is 68.8 Å². The second-order valence-corrected chi connectivity index (χ2v) is 10.7. The molecular formula is C31H42N4O4. The number of carbonyl (C=O) groups excluding carboxylic acids is 3. The van der Waals surface area contributed by atoms with Crippen molar-refractivity contribution in [1.29, 1.82) is 0 Å². The summed E-state index contributed by atoms with van der Waals surface area (Å²) in [6.07, 6.45) is 3.27. The van der Waals surface area contributed by atoms with E-state index in [1.54, 1.807) is 16.8 Å². The van der Waals surface area contributed by atoms with E-state index < -0.39 is 18.1 Å². The molecule has 2 aliphatic rings. The van der Waals surface area contributed by atoms with E-state index in [0.29, 0.717) is 39.1 Å². The first kappa shape index (κ1) is 28.6. The molecule has 2 bridgehead atoms. The molecule has 2 heterocycles. The van der Waals surface area contributed by atoms with Crippen LogP contribution in [0.3, 0.4) is 0 Å². The van der Waals surface area contributed by atoms with Crippen LogP contribution in [0.15, 0.2) is 54.6 Å². The average Bonchev–Trinajstić information content (AvgIpc) is 3.34. The summed E-state index contributed by atoms with van der Waals surface area (Å²) in [5.74, 6) is 0.485. The second-order valence-electron chi connectivity index (χ2n) is 10.7. The molecule has 2 aromatic rings. The number of likely N-dealkylation sites (N-methyl/N-ethyl adjacent to an activating group) is 1. The first-order chi connectivity index (χ1) is 18.9. The summed E-state index contributed by atoms with van der Waals surface area (Å²) in [7, 11) is 1.71. The molecule has 0 spiro atoms. The highest BCUT2D eigenvalue weighted by molar-refractivity contribution is 5.94. The van der Waals surface area contributed by atoms with Crippen molar-refractivity contribution >= 4 is 17.7 Å². The number of para-hydroxylation sites is 1. The summed E-state index contributed by atoms with van der Waals surface area (Å²) >= 11 is 0. The van der Waals surface area contributed by atoms with Gasteiger partial charge < -0.3 is 25.2 Å². The number of benzene rings is 2. The predicted molar refractivity (Wildman–Crippen MR) is 151 cm³/mol. The molecule has 210 valence electrons. The van der Waals surface area contributed by atoms with Gasteiger partial charge in [0.2, 0.25) is 17.7 Å². The number of nitrogens with one attached hydrogen (secondary N) is 2. The highest BCUT2D eigenvalue weighted by atomic mass is 16.5. The van der Waals surface area contributed by atoms with Gasteiger partial charge in [0.1, 0.15) is 24.4 Å². The van der Waals surface area contributed by atoms with Gasteiger partial charge >= 0.3 is 0 Å². The van der Waals surface area contributed by atoms with E-state index in [1.807, 2.05) is 54.6 Å². The van der Waals surface area contributed by atoms with Crippen LogP contribution in [-0.2, 0) is 27.2 Å². The summed E-state index contributed by atoms with van der Waals surface area (Å²) in [6, 6.07) is 16.1. The molecule has 8 heteroatoms. The van der Waals surface area contributed by atoms with Gasteiger partial charge in [-0.15, -0.1) is 0 Å². The van der Waals surface area contributed by atoms with Crippen LogP contribution in [0.25, 0.3) is 0 Å². The first-order valence-corrected chi connectivity index (χ1v) is 14.2. The minimum Gasteiger partial charge on any atom is -0.492 e. The maximum Gasteiger partial charge on any atom is 0.246 e. The molecule has 39 heavy (non-hydrogen) atoms. The molecule has 2 aliphatic heterocycles. The van der Waals surface area contributed by atoms with Gasteiger partial charge in [-0.05, 0) is 42.4 Å². The molecule has 4 unspecified atom stereocenters. The number of rotatable bonds is 4. The highest BCUT2D eigenvalue weighted by Crippen LogP contribution is 2.24. The minimum absolute atomic E-state index is 0.0852. The number of ether oxygens (including phenoxy) is 1. The van der Waals surface area contributed by atoms with E-state index >= 15 is 0 Å². The Morgan fingerprint density at radius 3 is 2.51 bits per heavy atom. The van der Waals surface area contributed by atoms with E-state index in [1.165, 1.54) is 0 Å². The maximum absolute atomic E-state index is 13.7. The topological polar surface area (TPSA) is 91.0 Å². The molecule has 1 fully saturated rings. The Balaban J connectivity index is 1.61. The number of aryl methyl sites for hydroxylation is 1. The lowest BCUT2D eigenvalue weighted by atomic mass is 9.97. The Bertz CT molecular complexity index is 1120. The number of amides is 3. The molecule has 3 amide bonds. The Hall–Kier alpha value is -3.39. The summed E-state index contributed by atoms with van der Waals surface area (Å²) < 4.78 is 6.09. The van der Waals surface area contributed by atoms with Crippen molar-refractivity contribution in [1.82, 2.24) is 20.4 Å². The van der Waals surface area contributed by atoms with Crippen molar-refractivity contribution in [2.45, 2.75) is 64.1 Å². The maximum atomic E-state index is 13.7. The fourth-order valence-corrected chi connectivity index (χ4v) is 5.51. The fraction of sp³-hybridized carbons (Fsp3) is 0.516. The molecule has 0 aromatic heterocycles. The molecule has 4 atom stereocenters. The Labute approximate surface area is 232 Å². The number of nitrogens with zero attached hydrogens (tertiary/aromatic N) is 2. The van der Waals surface area contributed by atoms with Gasteiger partial charge in [0.15, 0.2) is 0 Å². The second kappa shape index (κ2) is 13.6. The molecule has 2 N–H and O–H groups in total. The lowest BCUT2D eigenvalue weighted by Gasteiger charge is -2.32. The monoisotopic (exact) mass is 534 g/mol. The van der Waals surface area contributed by atoms with Crippen LogP contribution in [0.4, 0.5) is 0 Å². The number of hydrogen-bond donors (Lipinski definition) is 2. The molecule has 0 radical (unpaired) electrons. The van der Waals surface area contributed by atoms with Crippen LogP contribution in [0, 0.1) is 5.92 Å². The third kappa shape index (κ3) is 6.98. The van der Waals surface area contributed by atoms with Gasteiger partial charge in [-0.3, -0.25) is 14.4 Å². The van der Waals surface area contributed by atoms with Crippen molar-refractivity contribution in [2.75, 3.05) is 33.3 Å². The smallest absolute Gasteiger partial charge is 0.246 e. The average molecular weight is 535 g/mol. The minimum atomic E-state index is -0.633. The Morgan fingerprint density at radius 2 is 1.74 bits per heavy atom. The Morgan fingerprint density at radius 1 is 1.00 bits per heavy atom. The van der Waals surface area contributed by atoms with Crippen molar-refractivity contribution in [3.05, 3.63) is 65.7 Å². The van der Waals surface area contributed by atoms with Crippen molar-refractivity contribution in [3.63, 3.8) is 0 Å². The standard InChI is InChI=1S/C31H42N4O4/c1-4-22(2)28-31(38)34(3)25-16-19-35(30(25)37)26(21-23-11-6-5-7-12-23)29(36)33-17-10-14-24-13-8-9-15-27(24)39-20-18-32-28/h5-9,11-13,15,22,25-26,28,32H,4,10,14,16-21H2,1-3H3,(H,33,36). The first-order valence-electron chi connectivity index (χ1n) is 14.2. The number of fused-ring (bicyclic) bond motifs is 3. The summed E-state index contributed by atoms with van der Waals surface area (Å²) in [4.78, 5) is 44.1. The van der Waals surface area contributed by atoms with Crippen LogP contribution >= 0.6 is 0 Å². The largest absolute Gasteiger partial charge is 0.492 e. The fourth-order valence-electron chi connectivity index (χ4n) is 5.51. The van der Waals surface area contributed by atoms with E-state index in [-0.39, 0.29) is 23.6 Å². The molecule has 1 saturated heterocycles. The third-order valence-corrected chi connectivity index (χ3v) is 8.08. The zero-order chi connectivity index (χ0) is 27.8. The van der Waals surface area contributed by atoms with Crippen molar-refractivity contribution in [3.8, 4) is 5.75 Å². The summed E-state index contributed by atoms with van der Waals surface area (Å²) in [5, 5.41) is 6.48. The van der Waals surface area contributed by atoms with Crippen LogP contribution in [0.1, 0.15) is 44.2 Å². The van der Waals surface area contributed by atoms with Gasteiger partial charge in [-0.2, -0.15) is 0 Å². The molecule has 0 aliphatic carbocycles. The highest BCUT2D eigenvalue weighted by Gasteiger charge is 2.43. The summed E-state index contributed by atoms with van der Waals surface area (Å²) in [6.45, 7) is 5.99. The summed E-state index contributed by atoms with van der Waals surface area (Å²) in [5.41, 5.74) is 2.08. The van der Waals surface area contributed by atoms with E-state index in [9.17, 15) is 14.4 Å². The lowest BCUT2D eigenvalue weighted by Crippen LogP contribution is -2.55. The van der Waals surface area contributed by atoms with E-state index in [0.717, 1.165) is 36.1 Å².